The third-order valence-corrected chi connectivity index (χ3v) is 6.47. The van der Waals surface area contributed by atoms with Crippen LogP contribution in [0.5, 0.6) is 17.2 Å². The van der Waals surface area contributed by atoms with E-state index in [-0.39, 0.29) is 5.91 Å². The molecule has 1 fully saturated rings. The number of benzene rings is 3. The van der Waals surface area contributed by atoms with Crippen LogP contribution in [0.2, 0.25) is 0 Å². The number of carbonyl (C=O) groups excluding carboxylic acids is 1. The van der Waals surface area contributed by atoms with E-state index in [9.17, 15) is 4.79 Å². The molecule has 0 bridgehead atoms. The first kappa shape index (κ1) is 23.9. The molecule has 34 heavy (non-hydrogen) atoms. The second kappa shape index (κ2) is 10.8. The standard InChI is InChI=1S/C26H23BrN2O4S/c1-16-5-4-6-17(11-16)15-33-24-21(27)12-18(13-22(24)32-3)14-23-25(30)29-26(34-23)28-19-7-9-20(31-2)10-8-19/h4-14H,15H2,1-3H3,(H,28,29,30)/b23-14+. The first-order chi connectivity index (χ1) is 16.4. The summed E-state index contributed by atoms with van der Waals surface area (Å²) in [6.45, 7) is 2.47. The summed E-state index contributed by atoms with van der Waals surface area (Å²) in [6, 6.07) is 19.2. The summed E-state index contributed by atoms with van der Waals surface area (Å²) in [5.74, 6) is 1.73. The minimum Gasteiger partial charge on any atom is -0.497 e. The zero-order chi connectivity index (χ0) is 24.1. The summed E-state index contributed by atoms with van der Waals surface area (Å²) in [4.78, 5) is 17.5. The Morgan fingerprint density at radius 2 is 1.85 bits per heavy atom. The molecule has 1 N–H and O–H groups in total. The number of methoxy groups -OCH3 is 2. The molecule has 3 aromatic carbocycles. The van der Waals surface area contributed by atoms with Crippen molar-refractivity contribution in [3.63, 3.8) is 0 Å². The number of carbonyl (C=O) groups is 1. The fourth-order valence-electron chi connectivity index (χ4n) is 3.33. The highest BCUT2D eigenvalue weighted by molar-refractivity contribution is 9.10. The van der Waals surface area contributed by atoms with Crippen LogP contribution in [0.15, 0.2) is 75.0 Å². The highest BCUT2D eigenvalue weighted by Crippen LogP contribution is 2.39. The maximum atomic E-state index is 12.5. The van der Waals surface area contributed by atoms with Crippen LogP contribution in [-0.4, -0.2) is 25.3 Å². The second-order valence-electron chi connectivity index (χ2n) is 7.49. The molecule has 1 saturated heterocycles. The molecule has 0 atom stereocenters. The monoisotopic (exact) mass is 538 g/mol. The number of amidine groups is 1. The number of hydrogen-bond donors (Lipinski definition) is 1. The van der Waals surface area contributed by atoms with E-state index in [4.69, 9.17) is 14.2 Å². The Morgan fingerprint density at radius 1 is 1.06 bits per heavy atom. The second-order valence-corrected chi connectivity index (χ2v) is 9.38. The molecule has 0 aliphatic carbocycles. The largest absolute Gasteiger partial charge is 0.497 e. The van der Waals surface area contributed by atoms with E-state index in [1.165, 1.54) is 17.3 Å². The normalized spacial score (nSPS) is 15.5. The molecule has 8 heteroatoms. The van der Waals surface area contributed by atoms with Crippen LogP contribution in [0, 0.1) is 6.92 Å². The molecule has 3 aromatic rings. The topological polar surface area (TPSA) is 69.2 Å². The van der Waals surface area contributed by atoms with Gasteiger partial charge in [-0.15, -0.1) is 0 Å². The van der Waals surface area contributed by atoms with Gasteiger partial charge in [0.1, 0.15) is 12.4 Å². The summed E-state index contributed by atoms with van der Waals surface area (Å²) in [6.07, 6.45) is 1.80. The van der Waals surface area contributed by atoms with Gasteiger partial charge in [0.25, 0.3) is 5.91 Å². The smallest absolute Gasteiger partial charge is 0.264 e. The Bertz CT molecular complexity index is 1270. The van der Waals surface area contributed by atoms with Gasteiger partial charge in [-0.1, -0.05) is 29.8 Å². The number of hydrogen-bond acceptors (Lipinski definition) is 6. The van der Waals surface area contributed by atoms with Crippen molar-refractivity contribution in [1.82, 2.24) is 5.32 Å². The lowest BCUT2D eigenvalue weighted by molar-refractivity contribution is -0.115. The van der Waals surface area contributed by atoms with Crippen LogP contribution in [0.1, 0.15) is 16.7 Å². The van der Waals surface area contributed by atoms with E-state index < -0.39 is 0 Å². The van der Waals surface area contributed by atoms with Crippen molar-refractivity contribution in [1.29, 1.82) is 0 Å². The Kier molecular flexibility index (Phi) is 7.59. The molecule has 1 heterocycles. The molecule has 0 aromatic heterocycles. The number of rotatable bonds is 7. The van der Waals surface area contributed by atoms with E-state index in [2.05, 4.69) is 32.3 Å². The Hall–Kier alpha value is -3.23. The Balaban J connectivity index is 1.52. The summed E-state index contributed by atoms with van der Waals surface area (Å²) in [5, 5.41) is 3.32. The van der Waals surface area contributed by atoms with Crippen LogP contribution in [0.4, 0.5) is 5.69 Å². The van der Waals surface area contributed by atoms with Crippen molar-refractivity contribution in [3.05, 3.63) is 86.7 Å². The minimum absolute atomic E-state index is 0.202. The quantitative estimate of drug-likeness (QED) is 0.360. The van der Waals surface area contributed by atoms with Crippen molar-refractivity contribution in [2.75, 3.05) is 14.2 Å². The summed E-state index contributed by atoms with van der Waals surface area (Å²) in [5.41, 5.74) is 3.78. The van der Waals surface area contributed by atoms with Gasteiger partial charge in [0.2, 0.25) is 0 Å². The highest BCUT2D eigenvalue weighted by atomic mass is 79.9. The van der Waals surface area contributed by atoms with Crippen LogP contribution in [-0.2, 0) is 11.4 Å². The van der Waals surface area contributed by atoms with Crippen molar-refractivity contribution in [2.24, 2.45) is 4.99 Å². The number of nitrogens with one attached hydrogen (secondary N) is 1. The van der Waals surface area contributed by atoms with Crippen LogP contribution in [0.3, 0.4) is 0 Å². The average molecular weight is 539 g/mol. The fraction of sp³-hybridized carbons (Fsp3) is 0.154. The molecule has 0 unspecified atom stereocenters. The number of aryl methyl sites for hydroxylation is 1. The van der Waals surface area contributed by atoms with Gasteiger partial charge in [-0.2, -0.15) is 0 Å². The lowest BCUT2D eigenvalue weighted by atomic mass is 10.1. The van der Waals surface area contributed by atoms with E-state index in [1.54, 1.807) is 20.3 Å². The summed E-state index contributed by atoms with van der Waals surface area (Å²) >= 11 is 4.87. The maximum Gasteiger partial charge on any atom is 0.264 e. The third kappa shape index (κ3) is 5.81. The van der Waals surface area contributed by atoms with E-state index >= 15 is 0 Å². The predicted octanol–water partition coefficient (Wildman–Crippen LogP) is 6.25. The first-order valence-electron chi connectivity index (χ1n) is 10.4. The molecular formula is C26H23BrN2O4S. The van der Waals surface area contributed by atoms with Crippen molar-refractivity contribution in [3.8, 4) is 17.2 Å². The van der Waals surface area contributed by atoms with Crippen LogP contribution >= 0.6 is 27.7 Å². The lowest BCUT2D eigenvalue weighted by Crippen LogP contribution is -2.19. The number of amides is 1. The molecule has 1 aliphatic rings. The van der Waals surface area contributed by atoms with Crippen molar-refractivity contribution < 1.29 is 19.0 Å². The molecule has 6 nitrogen and oxygen atoms in total. The number of aliphatic imine (C=N–C) groups is 1. The summed E-state index contributed by atoms with van der Waals surface area (Å²) < 4.78 is 17.5. The van der Waals surface area contributed by atoms with Crippen molar-refractivity contribution in [2.45, 2.75) is 13.5 Å². The Labute approximate surface area is 211 Å². The van der Waals surface area contributed by atoms with Gasteiger partial charge in [-0.05, 0) is 88.2 Å². The molecule has 0 radical (unpaired) electrons. The minimum atomic E-state index is -0.202. The maximum absolute atomic E-state index is 12.5. The van der Waals surface area contributed by atoms with Gasteiger partial charge in [-0.25, -0.2) is 4.99 Å². The molecule has 0 spiro atoms. The average Bonchev–Trinajstić information content (AvgIpc) is 3.16. The van der Waals surface area contributed by atoms with Crippen LogP contribution < -0.4 is 19.5 Å². The molecule has 4 rings (SSSR count). The van der Waals surface area contributed by atoms with E-state index in [0.29, 0.717) is 28.2 Å². The van der Waals surface area contributed by atoms with Gasteiger partial charge < -0.3 is 19.5 Å². The number of nitrogens with zero attached hydrogens (tertiary/aromatic N) is 1. The molecular weight excluding hydrogens is 516 g/mol. The lowest BCUT2D eigenvalue weighted by Gasteiger charge is -2.14. The summed E-state index contributed by atoms with van der Waals surface area (Å²) in [7, 11) is 3.20. The SMILES string of the molecule is COc1ccc(N=C2NC(=O)/C(=C\c3cc(Br)c(OCc4cccc(C)c4)c(OC)c3)S2)cc1. The molecule has 1 amide bonds. The van der Waals surface area contributed by atoms with Gasteiger partial charge in [-0.3, -0.25) is 4.79 Å². The van der Waals surface area contributed by atoms with Crippen LogP contribution in [0.25, 0.3) is 6.08 Å². The van der Waals surface area contributed by atoms with E-state index in [0.717, 1.165) is 27.0 Å². The fourth-order valence-corrected chi connectivity index (χ4v) is 4.74. The molecule has 0 saturated carbocycles. The highest BCUT2D eigenvalue weighted by Gasteiger charge is 2.24. The number of halogens is 1. The molecule has 1 aliphatic heterocycles. The predicted molar refractivity (Wildman–Crippen MR) is 140 cm³/mol. The van der Waals surface area contributed by atoms with Crippen molar-refractivity contribution >= 4 is 50.5 Å². The van der Waals surface area contributed by atoms with Gasteiger partial charge in [0.15, 0.2) is 16.7 Å². The number of ether oxygens (including phenoxy) is 3. The van der Waals surface area contributed by atoms with Gasteiger partial charge in [0, 0.05) is 0 Å². The third-order valence-electron chi connectivity index (χ3n) is 4.97. The van der Waals surface area contributed by atoms with Gasteiger partial charge in [0.05, 0.1) is 29.3 Å². The Morgan fingerprint density at radius 3 is 2.56 bits per heavy atom. The number of thioether (sulfide) groups is 1. The molecule has 174 valence electrons. The zero-order valence-electron chi connectivity index (χ0n) is 18.9. The first-order valence-corrected chi connectivity index (χ1v) is 12.1. The van der Waals surface area contributed by atoms with Gasteiger partial charge >= 0.3 is 0 Å². The zero-order valence-corrected chi connectivity index (χ0v) is 21.3. The van der Waals surface area contributed by atoms with E-state index in [1.807, 2.05) is 61.5 Å².